The van der Waals surface area contributed by atoms with Crippen molar-refractivity contribution in [2.75, 3.05) is 27.4 Å². The van der Waals surface area contributed by atoms with Gasteiger partial charge >= 0.3 is 5.97 Å². The number of quaternary nitrogens is 1. The van der Waals surface area contributed by atoms with E-state index in [4.69, 9.17) is 4.74 Å². The lowest BCUT2D eigenvalue weighted by atomic mass is 10.0. The lowest BCUT2D eigenvalue weighted by Gasteiger charge is -2.28. The van der Waals surface area contributed by atoms with Crippen LogP contribution in [0, 0.1) is 0 Å². The van der Waals surface area contributed by atoms with Crippen molar-refractivity contribution in [3.05, 3.63) is 12.2 Å². The molecular weight excluding hydrogens is 346 g/mol. The molecule has 0 atom stereocenters. The summed E-state index contributed by atoms with van der Waals surface area (Å²) in [6, 6.07) is 0. The number of carbonyl (C=O) groups excluding carboxylic acids is 1. The predicted molar refractivity (Wildman–Crippen MR) is 122 cm³/mol. The Bertz CT molecular complexity index is 390. The molecule has 0 rings (SSSR count). The van der Waals surface area contributed by atoms with Crippen molar-refractivity contribution in [3.8, 4) is 0 Å². The molecule has 0 unspecified atom stereocenters. The van der Waals surface area contributed by atoms with Gasteiger partial charge in [0, 0.05) is 5.57 Å². The average Bonchev–Trinajstić information content (AvgIpc) is 2.65. The van der Waals surface area contributed by atoms with Crippen LogP contribution in [-0.2, 0) is 9.53 Å². The van der Waals surface area contributed by atoms with Crippen LogP contribution < -0.4 is 0 Å². The normalized spacial score (nSPS) is 11.6. The van der Waals surface area contributed by atoms with Crippen molar-refractivity contribution in [1.82, 2.24) is 0 Å². The van der Waals surface area contributed by atoms with Gasteiger partial charge in [-0.15, -0.1) is 0 Å². The highest BCUT2D eigenvalue weighted by Crippen LogP contribution is 2.14. The molecule has 0 saturated heterocycles. The van der Waals surface area contributed by atoms with Gasteiger partial charge in [0.25, 0.3) is 0 Å². The molecule has 0 aliphatic carbocycles. The van der Waals surface area contributed by atoms with Gasteiger partial charge in [0.05, 0.1) is 20.6 Å². The Morgan fingerprint density at radius 2 is 1.07 bits per heavy atom. The molecule has 3 nitrogen and oxygen atoms in total. The smallest absolute Gasteiger partial charge is 0.337 e. The predicted octanol–water partition coefficient (Wildman–Crippen LogP) is 7.40. The molecular formula is C25H50NO2+. The van der Waals surface area contributed by atoms with E-state index in [-0.39, 0.29) is 5.97 Å². The van der Waals surface area contributed by atoms with Crippen LogP contribution in [0.1, 0.15) is 117 Å². The van der Waals surface area contributed by atoms with Crippen molar-refractivity contribution in [2.24, 2.45) is 0 Å². The molecule has 3 heteroatoms. The maximum Gasteiger partial charge on any atom is 0.337 e. The number of rotatable bonds is 20. The van der Waals surface area contributed by atoms with E-state index < -0.39 is 0 Å². The first kappa shape index (κ1) is 27.2. The first-order chi connectivity index (χ1) is 13.4. The monoisotopic (exact) mass is 396 g/mol. The summed E-state index contributed by atoms with van der Waals surface area (Å²) in [6.45, 7) is 9.09. The second-order valence-corrected chi connectivity index (χ2v) is 9.30. The third-order valence-electron chi connectivity index (χ3n) is 5.51. The minimum atomic E-state index is -0.279. The van der Waals surface area contributed by atoms with Crippen LogP contribution in [0.3, 0.4) is 0 Å². The van der Waals surface area contributed by atoms with Gasteiger partial charge < -0.3 is 4.74 Å². The average molecular weight is 397 g/mol. The van der Waals surface area contributed by atoms with Gasteiger partial charge in [0.1, 0.15) is 0 Å². The molecule has 0 aromatic heterocycles. The molecule has 0 fully saturated rings. The molecule has 166 valence electrons. The van der Waals surface area contributed by atoms with Crippen LogP contribution in [0.15, 0.2) is 12.2 Å². The standard InChI is InChI=1S/C25H50NO2/c1-6-7-8-9-10-11-12-13-14-15-16-17-18-19-20-21-22-26(4,5)23-28-25(27)24(2)3/h2,6-23H2,1,3-5H3/q+1. The van der Waals surface area contributed by atoms with Gasteiger partial charge in [-0.2, -0.15) is 0 Å². The van der Waals surface area contributed by atoms with Crippen molar-refractivity contribution in [3.63, 3.8) is 0 Å². The van der Waals surface area contributed by atoms with Crippen LogP contribution >= 0.6 is 0 Å². The second kappa shape index (κ2) is 18.2. The van der Waals surface area contributed by atoms with E-state index >= 15 is 0 Å². The van der Waals surface area contributed by atoms with Gasteiger partial charge in [-0.05, 0) is 19.8 Å². The summed E-state index contributed by atoms with van der Waals surface area (Å²) in [5, 5.41) is 0. The number of esters is 1. The summed E-state index contributed by atoms with van der Waals surface area (Å²) in [7, 11) is 4.24. The Morgan fingerprint density at radius 3 is 1.43 bits per heavy atom. The molecule has 0 heterocycles. The van der Waals surface area contributed by atoms with Gasteiger partial charge in [-0.25, -0.2) is 4.79 Å². The lowest BCUT2D eigenvalue weighted by Crippen LogP contribution is -2.43. The van der Waals surface area contributed by atoms with Crippen molar-refractivity contribution in [1.29, 1.82) is 0 Å². The highest BCUT2D eigenvalue weighted by molar-refractivity contribution is 5.86. The number of unbranched alkanes of at least 4 members (excludes halogenated alkanes) is 15. The third kappa shape index (κ3) is 18.5. The summed E-state index contributed by atoms with van der Waals surface area (Å²) in [6.07, 6.45) is 22.3. The zero-order valence-electron chi connectivity index (χ0n) is 19.7. The molecule has 0 N–H and O–H groups in total. The zero-order valence-corrected chi connectivity index (χ0v) is 19.7. The summed E-state index contributed by atoms with van der Waals surface area (Å²) in [4.78, 5) is 11.5. The van der Waals surface area contributed by atoms with Gasteiger partial charge in [0.2, 0.25) is 6.73 Å². The van der Waals surface area contributed by atoms with E-state index in [2.05, 4.69) is 27.6 Å². The first-order valence-corrected chi connectivity index (χ1v) is 12.0. The van der Waals surface area contributed by atoms with Crippen LogP contribution in [0.2, 0.25) is 0 Å². The number of hydrogen-bond donors (Lipinski definition) is 0. The fraction of sp³-hybridized carbons (Fsp3) is 0.880. The van der Waals surface area contributed by atoms with E-state index in [9.17, 15) is 4.79 Å². The molecule has 0 spiro atoms. The Hall–Kier alpha value is -0.830. The molecule has 0 bridgehead atoms. The van der Waals surface area contributed by atoms with Crippen LogP contribution in [0.4, 0.5) is 0 Å². The molecule has 0 aromatic rings. The topological polar surface area (TPSA) is 26.3 Å². The Morgan fingerprint density at radius 1 is 0.714 bits per heavy atom. The third-order valence-corrected chi connectivity index (χ3v) is 5.51. The SMILES string of the molecule is C=C(C)C(=O)OC[N+](C)(C)CCCCCCCCCCCCCCCCCC. The van der Waals surface area contributed by atoms with E-state index in [1.54, 1.807) is 6.92 Å². The minimum absolute atomic E-state index is 0.279. The fourth-order valence-corrected chi connectivity index (χ4v) is 3.51. The number of hydrogen-bond acceptors (Lipinski definition) is 2. The zero-order chi connectivity index (χ0) is 21.1. The molecule has 0 aromatic carbocycles. The number of ether oxygens (including phenoxy) is 1. The fourth-order valence-electron chi connectivity index (χ4n) is 3.51. The molecule has 0 aliphatic heterocycles. The minimum Gasteiger partial charge on any atom is -0.412 e. The number of carbonyl (C=O) groups is 1. The van der Waals surface area contributed by atoms with E-state index in [0.29, 0.717) is 12.3 Å². The maximum absolute atomic E-state index is 11.5. The summed E-state index contributed by atoms with van der Waals surface area (Å²) < 4.78 is 6.02. The van der Waals surface area contributed by atoms with E-state index in [1.807, 2.05) is 0 Å². The molecule has 0 saturated carbocycles. The Kier molecular flexibility index (Phi) is 17.7. The van der Waals surface area contributed by atoms with Crippen molar-refractivity contribution in [2.45, 2.75) is 117 Å². The summed E-state index contributed by atoms with van der Waals surface area (Å²) in [5.74, 6) is -0.279. The van der Waals surface area contributed by atoms with Crippen LogP contribution in [0.5, 0.6) is 0 Å². The van der Waals surface area contributed by atoms with E-state index in [1.165, 1.54) is 103 Å². The van der Waals surface area contributed by atoms with Crippen LogP contribution in [0.25, 0.3) is 0 Å². The van der Waals surface area contributed by atoms with E-state index in [0.717, 1.165) is 11.0 Å². The Balaban J connectivity index is 3.32. The highest BCUT2D eigenvalue weighted by atomic mass is 16.5. The van der Waals surface area contributed by atoms with Gasteiger partial charge in [0.15, 0.2) is 0 Å². The largest absolute Gasteiger partial charge is 0.412 e. The second-order valence-electron chi connectivity index (χ2n) is 9.30. The van der Waals surface area contributed by atoms with Gasteiger partial charge in [-0.1, -0.05) is 103 Å². The molecule has 0 radical (unpaired) electrons. The lowest BCUT2D eigenvalue weighted by molar-refractivity contribution is -0.907. The first-order valence-electron chi connectivity index (χ1n) is 12.0. The van der Waals surface area contributed by atoms with Gasteiger partial charge in [-0.3, -0.25) is 4.48 Å². The summed E-state index contributed by atoms with van der Waals surface area (Å²) >= 11 is 0. The number of nitrogens with zero attached hydrogens (tertiary/aromatic N) is 1. The maximum atomic E-state index is 11.5. The van der Waals surface area contributed by atoms with Crippen LogP contribution in [-0.4, -0.2) is 37.8 Å². The molecule has 28 heavy (non-hydrogen) atoms. The van der Waals surface area contributed by atoms with Crippen molar-refractivity contribution >= 4 is 5.97 Å². The molecule has 0 aliphatic rings. The quantitative estimate of drug-likeness (QED) is 0.0704. The Labute approximate surface area is 176 Å². The van der Waals surface area contributed by atoms with Crippen molar-refractivity contribution < 1.29 is 14.0 Å². The molecule has 0 amide bonds. The highest BCUT2D eigenvalue weighted by Gasteiger charge is 2.17. The summed E-state index contributed by atoms with van der Waals surface area (Å²) in [5.41, 5.74) is 0.474.